The third-order valence-corrected chi connectivity index (χ3v) is 7.46. The van der Waals surface area contributed by atoms with Crippen molar-refractivity contribution in [3.8, 4) is 0 Å². The molecule has 2 fully saturated rings. The summed E-state index contributed by atoms with van der Waals surface area (Å²) >= 11 is 0. The molecule has 1 aliphatic carbocycles. The van der Waals surface area contributed by atoms with E-state index in [4.69, 9.17) is 18.9 Å². The van der Waals surface area contributed by atoms with Crippen molar-refractivity contribution >= 4 is 0 Å². The molecule has 178 valence electrons. The summed E-state index contributed by atoms with van der Waals surface area (Å²) < 4.78 is 24.1. The first kappa shape index (κ1) is 26.1. The fraction of sp³-hybridized carbons (Fsp3) is 1.00. The van der Waals surface area contributed by atoms with Crippen LogP contribution < -0.4 is 0 Å². The van der Waals surface area contributed by atoms with Gasteiger partial charge in [0.05, 0.1) is 12.2 Å². The van der Waals surface area contributed by atoms with Gasteiger partial charge >= 0.3 is 0 Å². The Morgan fingerprint density at radius 3 is 2.10 bits per heavy atom. The molecular weight excluding hydrogens is 376 g/mol. The minimum absolute atomic E-state index is 0.476. The molecular formula is C26H50O4. The monoisotopic (exact) mass is 426 g/mol. The molecule has 1 heterocycles. The van der Waals surface area contributed by atoms with E-state index in [0.29, 0.717) is 43.4 Å². The highest BCUT2D eigenvalue weighted by atomic mass is 16.9. The van der Waals surface area contributed by atoms with Gasteiger partial charge < -0.3 is 18.9 Å². The first-order valence-corrected chi connectivity index (χ1v) is 13.1. The minimum Gasteiger partial charge on any atom is -0.370 e. The van der Waals surface area contributed by atoms with Crippen LogP contribution >= 0.6 is 0 Å². The summed E-state index contributed by atoms with van der Waals surface area (Å²) in [6, 6.07) is 0. The number of fused-ring (bicyclic) bond motifs is 1. The zero-order valence-corrected chi connectivity index (χ0v) is 20.7. The van der Waals surface area contributed by atoms with Crippen LogP contribution in [0.4, 0.5) is 0 Å². The first-order valence-electron chi connectivity index (χ1n) is 13.1. The normalized spacial score (nSPS) is 27.1. The smallest absolute Gasteiger partial charge is 0.283 e. The predicted molar refractivity (Wildman–Crippen MR) is 124 cm³/mol. The molecule has 2 aliphatic rings. The second kappa shape index (κ2) is 13.4. The molecule has 1 saturated heterocycles. The van der Waals surface area contributed by atoms with E-state index in [1.54, 1.807) is 0 Å². The summed E-state index contributed by atoms with van der Waals surface area (Å²) in [7, 11) is 0. The molecule has 0 N–H and O–H groups in total. The van der Waals surface area contributed by atoms with Gasteiger partial charge in [-0.15, -0.1) is 0 Å². The highest BCUT2D eigenvalue weighted by Crippen LogP contribution is 2.51. The van der Waals surface area contributed by atoms with Gasteiger partial charge in [-0.1, -0.05) is 58.8 Å². The Balaban J connectivity index is 1.99. The zero-order chi connectivity index (χ0) is 21.9. The Hall–Kier alpha value is -0.160. The summed E-state index contributed by atoms with van der Waals surface area (Å²) in [5.74, 6) is -0.291. The summed E-state index contributed by atoms with van der Waals surface area (Å²) in [6.45, 7) is 12.6. The molecule has 0 aromatic heterocycles. The second-order valence-corrected chi connectivity index (χ2v) is 9.60. The first-order chi connectivity index (χ1) is 14.6. The standard InChI is InChI=1S/C26H50O4/c1-6-11-12-13-14-15-22(20-26(27-8-3,28-9-4)29-10-5)16-18-25(7-2)19-17-23-24(21-25)30-23/h22-24H,6-21H2,1-5H3. The molecule has 0 bridgehead atoms. The van der Waals surface area contributed by atoms with Crippen LogP contribution in [0.15, 0.2) is 0 Å². The maximum atomic E-state index is 6.09. The van der Waals surface area contributed by atoms with Crippen LogP contribution in [-0.2, 0) is 18.9 Å². The largest absolute Gasteiger partial charge is 0.370 e. The minimum atomic E-state index is -0.872. The van der Waals surface area contributed by atoms with Crippen molar-refractivity contribution in [3.05, 3.63) is 0 Å². The van der Waals surface area contributed by atoms with Gasteiger partial charge in [0.2, 0.25) is 0 Å². The van der Waals surface area contributed by atoms with Crippen molar-refractivity contribution in [1.29, 1.82) is 0 Å². The molecule has 1 aliphatic heterocycles. The molecule has 30 heavy (non-hydrogen) atoms. The molecule has 0 aromatic carbocycles. The van der Waals surface area contributed by atoms with E-state index in [9.17, 15) is 0 Å². The van der Waals surface area contributed by atoms with Gasteiger partial charge in [0.15, 0.2) is 0 Å². The molecule has 0 aromatic rings. The summed E-state index contributed by atoms with van der Waals surface area (Å²) in [5.41, 5.74) is 0.476. The number of hydrogen-bond donors (Lipinski definition) is 0. The maximum absolute atomic E-state index is 6.09. The third kappa shape index (κ3) is 8.07. The van der Waals surface area contributed by atoms with E-state index in [1.807, 2.05) is 20.8 Å². The molecule has 4 heteroatoms. The van der Waals surface area contributed by atoms with Gasteiger partial charge in [-0.25, -0.2) is 0 Å². The van der Waals surface area contributed by atoms with E-state index in [1.165, 1.54) is 77.0 Å². The Kier molecular flexibility index (Phi) is 11.7. The Morgan fingerprint density at radius 2 is 1.53 bits per heavy atom. The molecule has 4 nitrogen and oxygen atoms in total. The lowest BCUT2D eigenvalue weighted by atomic mass is 9.68. The molecule has 2 rings (SSSR count). The lowest BCUT2D eigenvalue weighted by Gasteiger charge is -2.38. The Labute approximate surface area is 186 Å². The van der Waals surface area contributed by atoms with Gasteiger partial charge in [0.1, 0.15) is 0 Å². The topological polar surface area (TPSA) is 40.2 Å². The van der Waals surface area contributed by atoms with Crippen molar-refractivity contribution in [2.45, 2.75) is 136 Å². The van der Waals surface area contributed by atoms with Gasteiger partial charge in [-0.2, -0.15) is 0 Å². The predicted octanol–water partition coefficient (Wildman–Crippen LogP) is 7.24. The van der Waals surface area contributed by atoms with Crippen LogP contribution in [0.5, 0.6) is 0 Å². The van der Waals surface area contributed by atoms with Crippen molar-refractivity contribution in [1.82, 2.24) is 0 Å². The number of ether oxygens (including phenoxy) is 4. The van der Waals surface area contributed by atoms with E-state index in [-0.39, 0.29) is 0 Å². The van der Waals surface area contributed by atoms with Crippen LogP contribution in [0.3, 0.4) is 0 Å². The van der Waals surface area contributed by atoms with Crippen molar-refractivity contribution < 1.29 is 18.9 Å². The number of hydrogen-bond acceptors (Lipinski definition) is 4. The van der Waals surface area contributed by atoms with Gasteiger partial charge in [-0.3, -0.25) is 0 Å². The van der Waals surface area contributed by atoms with Crippen LogP contribution in [0.2, 0.25) is 0 Å². The highest BCUT2D eigenvalue weighted by molar-refractivity contribution is 4.98. The summed E-state index contributed by atoms with van der Waals surface area (Å²) in [5, 5.41) is 0. The average Bonchev–Trinajstić information content (AvgIpc) is 3.51. The van der Waals surface area contributed by atoms with E-state index in [0.717, 1.165) is 6.42 Å². The fourth-order valence-electron chi connectivity index (χ4n) is 5.53. The average molecular weight is 427 g/mol. The maximum Gasteiger partial charge on any atom is 0.283 e. The van der Waals surface area contributed by atoms with Gasteiger partial charge in [0.25, 0.3) is 5.97 Å². The lowest BCUT2D eigenvalue weighted by Crippen LogP contribution is -2.41. The van der Waals surface area contributed by atoms with Crippen LogP contribution in [0.1, 0.15) is 118 Å². The second-order valence-electron chi connectivity index (χ2n) is 9.60. The van der Waals surface area contributed by atoms with E-state index < -0.39 is 5.97 Å². The summed E-state index contributed by atoms with van der Waals surface area (Å²) in [6.07, 6.45) is 17.6. The molecule has 0 spiro atoms. The number of rotatable bonds is 18. The van der Waals surface area contributed by atoms with E-state index in [2.05, 4.69) is 13.8 Å². The SMILES string of the molecule is CCCCCCCC(CCC1(CC)CCC2OC2C1)CC(OCC)(OCC)OCC. The van der Waals surface area contributed by atoms with Crippen molar-refractivity contribution in [3.63, 3.8) is 0 Å². The van der Waals surface area contributed by atoms with Crippen molar-refractivity contribution in [2.75, 3.05) is 19.8 Å². The zero-order valence-electron chi connectivity index (χ0n) is 20.7. The molecule has 0 amide bonds. The van der Waals surface area contributed by atoms with Crippen LogP contribution in [0.25, 0.3) is 0 Å². The third-order valence-electron chi connectivity index (χ3n) is 7.46. The quantitative estimate of drug-likeness (QED) is 0.131. The lowest BCUT2D eigenvalue weighted by molar-refractivity contribution is -0.384. The molecule has 1 saturated carbocycles. The van der Waals surface area contributed by atoms with Crippen LogP contribution in [-0.4, -0.2) is 38.0 Å². The highest BCUT2D eigenvalue weighted by Gasteiger charge is 2.49. The number of unbranched alkanes of at least 4 members (excludes halogenated alkanes) is 4. The Bertz CT molecular complexity index is 437. The molecule has 4 unspecified atom stereocenters. The Morgan fingerprint density at radius 1 is 0.867 bits per heavy atom. The number of epoxide rings is 1. The fourth-order valence-corrected chi connectivity index (χ4v) is 5.53. The van der Waals surface area contributed by atoms with Crippen LogP contribution in [0, 0.1) is 11.3 Å². The molecule has 0 radical (unpaired) electrons. The van der Waals surface area contributed by atoms with E-state index >= 15 is 0 Å². The van der Waals surface area contributed by atoms with Gasteiger partial charge in [-0.05, 0) is 64.2 Å². The van der Waals surface area contributed by atoms with Gasteiger partial charge in [0, 0.05) is 26.2 Å². The summed E-state index contributed by atoms with van der Waals surface area (Å²) in [4.78, 5) is 0. The van der Waals surface area contributed by atoms with Crippen molar-refractivity contribution in [2.24, 2.45) is 11.3 Å². The molecule has 4 atom stereocenters.